The molecule has 0 saturated carbocycles. The Bertz CT molecular complexity index is 3570. The van der Waals surface area contributed by atoms with E-state index in [-0.39, 0.29) is 10.8 Å². The summed E-state index contributed by atoms with van der Waals surface area (Å²) in [6.07, 6.45) is 0. The van der Waals surface area contributed by atoms with Crippen molar-refractivity contribution in [2.24, 2.45) is 0 Å². The highest BCUT2D eigenvalue weighted by Crippen LogP contribution is 2.60. The number of imidazole rings is 1. The minimum absolute atomic E-state index is 0.143. The van der Waals surface area contributed by atoms with Gasteiger partial charge in [-0.3, -0.25) is 4.57 Å². The standard InChI is InChI=1S/C57H40N2/c1-56(2)46-31-43-45(32-44(46)54-41-28-25-35-16-12-15-34-21-22-37(29-47(54)56)52(41)51(34)35)57(3,4)48-30-42(39-17-8-9-18-40(39)53(43)48)33-23-26-38(27-24-33)59-50-20-11-10-19-49(50)58-55(59)36-13-6-5-7-14-36/h5-32H,1-4H3. The van der Waals surface area contributed by atoms with E-state index >= 15 is 0 Å². The maximum Gasteiger partial charge on any atom is 0.145 e. The minimum Gasteiger partial charge on any atom is -0.292 e. The van der Waals surface area contributed by atoms with Crippen LogP contribution in [-0.2, 0) is 10.8 Å². The van der Waals surface area contributed by atoms with Crippen molar-refractivity contribution in [2.45, 2.75) is 38.5 Å². The summed E-state index contributed by atoms with van der Waals surface area (Å²) in [7, 11) is 0. The van der Waals surface area contributed by atoms with Crippen molar-refractivity contribution < 1.29 is 0 Å². The summed E-state index contributed by atoms with van der Waals surface area (Å²) in [5, 5.41) is 10.7. The number of fused-ring (bicyclic) bond motifs is 10. The molecular formula is C57H40N2. The number of hydrogen-bond acceptors (Lipinski definition) is 1. The molecule has 11 aromatic rings. The lowest BCUT2D eigenvalue weighted by atomic mass is 9.78. The van der Waals surface area contributed by atoms with Crippen molar-refractivity contribution in [3.63, 3.8) is 0 Å². The van der Waals surface area contributed by atoms with E-state index in [1.165, 1.54) is 98.7 Å². The van der Waals surface area contributed by atoms with Gasteiger partial charge in [-0.15, -0.1) is 0 Å². The van der Waals surface area contributed by atoms with Crippen LogP contribution in [0, 0.1) is 0 Å². The quantitative estimate of drug-likeness (QED) is 0.164. The lowest BCUT2D eigenvalue weighted by molar-refractivity contribution is 0.652. The van der Waals surface area contributed by atoms with Gasteiger partial charge < -0.3 is 0 Å². The van der Waals surface area contributed by atoms with E-state index in [1.54, 1.807) is 0 Å². The fourth-order valence-electron chi connectivity index (χ4n) is 11.2. The van der Waals surface area contributed by atoms with E-state index in [4.69, 9.17) is 4.98 Å². The summed E-state index contributed by atoms with van der Waals surface area (Å²) in [6.45, 7) is 9.74. The average molecular weight is 753 g/mol. The Kier molecular flexibility index (Phi) is 6.34. The Morgan fingerprint density at radius 3 is 1.75 bits per heavy atom. The Labute approximate surface area is 343 Å². The molecule has 0 fully saturated rings. The Hall–Kier alpha value is -7.03. The van der Waals surface area contributed by atoms with Crippen LogP contribution >= 0.6 is 0 Å². The van der Waals surface area contributed by atoms with Gasteiger partial charge in [-0.05, 0) is 147 Å². The molecule has 0 amide bonds. The van der Waals surface area contributed by atoms with E-state index in [0.29, 0.717) is 0 Å². The molecule has 2 aliphatic carbocycles. The van der Waals surface area contributed by atoms with Crippen LogP contribution in [-0.4, -0.2) is 9.55 Å². The second kappa shape index (κ2) is 11.3. The molecule has 2 aliphatic rings. The van der Waals surface area contributed by atoms with Crippen LogP contribution in [0.4, 0.5) is 0 Å². The summed E-state index contributed by atoms with van der Waals surface area (Å²) in [5.74, 6) is 0.950. The molecule has 0 saturated heterocycles. The van der Waals surface area contributed by atoms with Gasteiger partial charge in [0.25, 0.3) is 0 Å². The summed E-state index contributed by atoms with van der Waals surface area (Å²) in [5.41, 5.74) is 17.7. The smallest absolute Gasteiger partial charge is 0.145 e. The van der Waals surface area contributed by atoms with E-state index in [9.17, 15) is 0 Å². The first-order chi connectivity index (χ1) is 28.8. The van der Waals surface area contributed by atoms with Gasteiger partial charge in [0.05, 0.1) is 11.0 Å². The maximum atomic E-state index is 5.10. The average Bonchev–Trinajstić information content (AvgIpc) is 3.85. The Balaban J connectivity index is 0.988. The Morgan fingerprint density at radius 2 is 1.00 bits per heavy atom. The van der Waals surface area contributed by atoms with Crippen molar-refractivity contribution in [3.8, 4) is 50.5 Å². The van der Waals surface area contributed by atoms with Gasteiger partial charge >= 0.3 is 0 Å². The molecule has 1 heterocycles. The Morgan fingerprint density at radius 1 is 0.407 bits per heavy atom. The number of para-hydroxylation sites is 2. The highest BCUT2D eigenvalue weighted by Gasteiger charge is 2.43. The maximum absolute atomic E-state index is 5.10. The number of benzene rings is 10. The van der Waals surface area contributed by atoms with Crippen molar-refractivity contribution in [2.75, 3.05) is 0 Å². The lowest BCUT2D eigenvalue weighted by Gasteiger charge is -2.24. The number of hydrogen-bond donors (Lipinski definition) is 0. The van der Waals surface area contributed by atoms with Crippen LogP contribution in [0.2, 0.25) is 0 Å². The lowest BCUT2D eigenvalue weighted by Crippen LogP contribution is -2.17. The molecule has 2 nitrogen and oxygen atoms in total. The molecule has 59 heavy (non-hydrogen) atoms. The summed E-state index contributed by atoms with van der Waals surface area (Å²) >= 11 is 0. The van der Waals surface area contributed by atoms with Gasteiger partial charge in [-0.25, -0.2) is 4.98 Å². The predicted molar refractivity (Wildman–Crippen MR) is 248 cm³/mol. The molecule has 0 aliphatic heterocycles. The largest absolute Gasteiger partial charge is 0.292 e. The third kappa shape index (κ3) is 4.28. The molecule has 0 radical (unpaired) electrons. The number of nitrogens with zero attached hydrogens (tertiary/aromatic N) is 2. The second-order valence-corrected chi connectivity index (χ2v) is 17.9. The number of aromatic nitrogens is 2. The van der Waals surface area contributed by atoms with Crippen molar-refractivity contribution in [3.05, 3.63) is 192 Å². The molecule has 2 heteroatoms. The molecule has 10 aromatic carbocycles. The third-order valence-electron chi connectivity index (χ3n) is 14.1. The second-order valence-electron chi connectivity index (χ2n) is 17.9. The molecule has 278 valence electrons. The molecule has 0 atom stereocenters. The van der Waals surface area contributed by atoms with Crippen molar-refractivity contribution in [1.29, 1.82) is 0 Å². The fraction of sp³-hybridized carbons (Fsp3) is 0.105. The van der Waals surface area contributed by atoms with Crippen LogP contribution < -0.4 is 0 Å². The summed E-state index contributed by atoms with van der Waals surface area (Å²) < 4.78 is 2.29. The zero-order valence-electron chi connectivity index (χ0n) is 33.6. The van der Waals surface area contributed by atoms with Gasteiger partial charge in [0.15, 0.2) is 0 Å². The molecule has 0 unspecified atom stereocenters. The van der Waals surface area contributed by atoms with Crippen LogP contribution in [0.1, 0.15) is 49.9 Å². The first-order valence-electron chi connectivity index (χ1n) is 20.9. The predicted octanol–water partition coefficient (Wildman–Crippen LogP) is 15.0. The van der Waals surface area contributed by atoms with Crippen molar-refractivity contribution >= 4 is 54.1 Å². The zero-order valence-corrected chi connectivity index (χ0v) is 33.6. The molecular weight excluding hydrogens is 713 g/mol. The monoisotopic (exact) mass is 752 g/mol. The minimum atomic E-state index is -0.199. The van der Waals surface area contributed by atoms with Crippen molar-refractivity contribution in [1.82, 2.24) is 9.55 Å². The topological polar surface area (TPSA) is 17.8 Å². The normalized spacial score (nSPS) is 14.7. The zero-order chi connectivity index (χ0) is 39.4. The SMILES string of the molecule is CC1(C)c2cc3c(cc2-c2c1cc(-c1ccc(-n4c(-c5ccccc5)nc5ccccc54)cc1)c1ccccc21)C(C)(C)c1cc2ccc4cccc5ccc(c1-3)c2c45. The van der Waals surface area contributed by atoms with Gasteiger partial charge in [-0.2, -0.15) is 0 Å². The van der Waals surface area contributed by atoms with Crippen LogP contribution in [0.5, 0.6) is 0 Å². The fourth-order valence-corrected chi connectivity index (χ4v) is 11.2. The van der Waals surface area contributed by atoms with Gasteiger partial charge in [0.2, 0.25) is 0 Å². The van der Waals surface area contributed by atoms with Gasteiger partial charge in [-0.1, -0.05) is 149 Å². The molecule has 0 bridgehead atoms. The first kappa shape index (κ1) is 33.0. The highest BCUT2D eigenvalue weighted by molar-refractivity contribution is 6.26. The van der Waals surface area contributed by atoms with E-state index < -0.39 is 0 Å². The third-order valence-corrected chi connectivity index (χ3v) is 14.1. The van der Waals surface area contributed by atoms with Gasteiger partial charge in [0, 0.05) is 22.1 Å². The highest BCUT2D eigenvalue weighted by atomic mass is 15.1. The van der Waals surface area contributed by atoms with E-state index in [0.717, 1.165) is 28.1 Å². The number of rotatable bonds is 3. The van der Waals surface area contributed by atoms with E-state index in [2.05, 4.69) is 202 Å². The molecule has 1 aromatic heterocycles. The van der Waals surface area contributed by atoms with Gasteiger partial charge in [0.1, 0.15) is 5.82 Å². The summed E-state index contributed by atoms with van der Waals surface area (Å²) in [6, 6.07) is 63.4. The first-order valence-corrected chi connectivity index (χ1v) is 20.9. The van der Waals surface area contributed by atoms with E-state index in [1.807, 2.05) is 0 Å². The molecule has 0 spiro atoms. The molecule has 13 rings (SSSR count). The summed E-state index contributed by atoms with van der Waals surface area (Å²) in [4.78, 5) is 5.10. The van der Waals surface area contributed by atoms with Crippen LogP contribution in [0.15, 0.2) is 170 Å². The molecule has 0 N–H and O–H groups in total. The van der Waals surface area contributed by atoms with Crippen LogP contribution in [0.25, 0.3) is 105 Å². The van der Waals surface area contributed by atoms with Crippen LogP contribution in [0.3, 0.4) is 0 Å².